The first-order valence-corrected chi connectivity index (χ1v) is 15.2. The summed E-state index contributed by atoms with van der Waals surface area (Å²) in [5.74, 6) is 5.33. The molecule has 5 rings (SSSR count). The predicted molar refractivity (Wildman–Crippen MR) is 134 cm³/mol. The minimum atomic E-state index is -0.724. The molecule has 186 valence electrons. The smallest absolute Gasteiger partial charge is 0.222 e. The zero-order valence-corrected chi connectivity index (χ0v) is 21.9. The Morgan fingerprint density at radius 3 is 2.67 bits per heavy atom. The highest BCUT2D eigenvalue weighted by molar-refractivity contribution is 7.85. The molecule has 0 bridgehead atoms. The second-order valence-corrected chi connectivity index (χ2v) is 14.3. The van der Waals surface area contributed by atoms with Gasteiger partial charge in [-0.1, -0.05) is 32.4 Å². The van der Waals surface area contributed by atoms with E-state index in [1.54, 1.807) is 5.57 Å². The summed E-state index contributed by atoms with van der Waals surface area (Å²) < 4.78 is 11.6. The van der Waals surface area contributed by atoms with Crippen molar-refractivity contribution in [2.45, 2.75) is 91.1 Å². The molecule has 0 aromatic heterocycles. The monoisotopic (exact) mass is 475 g/mol. The zero-order chi connectivity index (χ0) is 23.4. The molecule has 1 aliphatic heterocycles. The standard InChI is InChI=1S/C28H45NO3S/c1-19(4-9-26(31)29-14-16-33(32)17-15-29)23-7-8-24-22-6-5-20-18-21(30)10-12-27(20,2)25(22)11-13-28(23,24)3/h5,19,21-25,30H,4,6-18H2,1-3H3/t19-,21+,22+,23-,24+,25+,27+,28-/m1/s1. The number of amides is 1. The number of fused-ring (bicyclic) bond motifs is 5. The number of rotatable bonds is 4. The molecule has 5 aliphatic rings. The van der Waals surface area contributed by atoms with E-state index in [0.29, 0.717) is 47.8 Å². The predicted octanol–water partition coefficient (Wildman–Crippen LogP) is 4.93. The van der Waals surface area contributed by atoms with Crippen molar-refractivity contribution in [1.82, 2.24) is 4.90 Å². The van der Waals surface area contributed by atoms with Crippen molar-refractivity contribution in [2.24, 2.45) is 40.4 Å². The summed E-state index contributed by atoms with van der Waals surface area (Å²) in [4.78, 5) is 14.7. The molecule has 1 amide bonds. The number of aliphatic hydroxyl groups is 1. The Balaban J connectivity index is 1.23. The van der Waals surface area contributed by atoms with Crippen molar-refractivity contribution in [3.63, 3.8) is 0 Å². The third-order valence-corrected chi connectivity index (χ3v) is 12.5. The van der Waals surface area contributed by atoms with Crippen molar-refractivity contribution >= 4 is 16.7 Å². The Morgan fingerprint density at radius 2 is 1.91 bits per heavy atom. The van der Waals surface area contributed by atoms with Gasteiger partial charge in [0.1, 0.15) is 0 Å². The van der Waals surface area contributed by atoms with E-state index in [4.69, 9.17) is 0 Å². The molecule has 33 heavy (non-hydrogen) atoms. The summed E-state index contributed by atoms with van der Waals surface area (Å²) >= 11 is 0. The van der Waals surface area contributed by atoms with Gasteiger partial charge in [0.15, 0.2) is 0 Å². The Morgan fingerprint density at radius 1 is 1.15 bits per heavy atom. The highest BCUT2D eigenvalue weighted by atomic mass is 32.2. The summed E-state index contributed by atoms with van der Waals surface area (Å²) in [6.07, 6.45) is 13.7. The van der Waals surface area contributed by atoms with Crippen LogP contribution in [0.5, 0.6) is 0 Å². The van der Waals surface area contributed by atoms with Crippen LogP contribution in [0.1, 0.15) is 85.0 Å². The van der Waals surface area contributed by atoms with Crippen LogP contribution in [0, 0.1) is 40.4 Å². The van der Waals surface area contributed by atoms with E-state index in [1.807, 2.05) is 4.90 Å². The van der Waals surface area contributed by atoms with E-state index in [9.17, 15) is 14.1 Å². The molecular weight excluding hydrogens is 430 g/mol. The molecule has 0 aromatic carbocycles. The molecule has 0 unspecified atom stereocenters. The van der Waals surface area contributed by atoms with Gasteiger partial charge in [0.25, 0.3) is 0 Å². The van der Waals surface area contributed by atoms with Gasteiger partial charge in [0.2, 0.25) is 5.91 Å². The molecule has 3 saturated carbocycles. The van der Waals surface area contributed by atoms with Crippen LogP contribution in [0.15, 0.2) is 11.6 Å². The average Bonchev–Trinajstić information content (AvgIpc) is 3.15. The molecular formula is C28H45NO3S. The normalized spacial score (nSPS) is 44.4. The third-order valence-electron chi connectivity index (χ3n) is 11.2. The van der Waals surface area contributed by atoms with Crippen LogP contribution in [-0.2, 0) is 15.6 Å². The number of hydrogen-bond donors (Lipinski definition) is 1. The van der Waals surface area contributed by atoms with Gasteiger partial charge in [-0.25, -0.2) is 0 Å². The maximum absolute atomic E-state index is 12.8. The van der Waals surface area contributed by atoms with Crippen molar-refractivity contribution in [3.8, 4) is 0 Å². The lowest BCUT2D eigenvalue weighted by Gasteiger charge is -2.58. The van der Waals surface area contributed by atoms with Gasteiger partial charge in [0, 0.05) is 41.8 Å². The third kappa shape index (κ3) is 4.17. The largest absolute Gasteiger partial charge is 0.393 e. The Bertz CT molecular complexity index is 816. The van der Waals surface area contributed by atoms with E-state index in [2.05, 4.69) is 26.8 Å². The van der Waals surface area contributed by atoms with Gasteiger partial charge in [-0.15, -0.1) is 0 Å². The molecule has 0 spiro atoms. The van der Waals surface area contributed by atoms with Crippen molar-refractivity contribution in [3.05, 3.63) is 11.6 Å². The van der Waals surface area contributed by atoms with E-state index >= 15 is 0 Å². The molecule has 1 N–H and O–H groups in total. The van der Waals surface area contributed by atoms with E-state index in [0.717, 1.165) is 49.4 Å². The quantitative estimate of drug-likeness (QED) is 0.586. The summed E-state index contributed by atoms with van der Waals surface area (Å²) in [5, 5.41) is 10.2. The lowest BCUT2D eigenvalue weighted by Crippen LogP contribution is -2.50. The molecule has 4 fully saturated rings. The maximum atomic E-state index is 12.8. The minimum absolute atomic E-state index is 0.124. The van der Waals surface area contributed by atoms with Crippen molar-refractivity contribution in [1.29, 1.82) is 0 Å². The number of aliphatic hydroxyl groups excluding tert-OH is 1. The van der Waals surface area contributed by atoms with Crippen LogP contribution < -0.4 is 0 Å². The van der Waals surface area contributed by atoms with Crippen molar-refractivity contribution in [2.75, 3.05) is 24.6 Å². The number of carbonyl (C=O) groups is 1. The molecule has 1 heterocycles. The molecule has 0 radical (unpaired) electrons. The molecule has 1 saturated heterocycles. The Hall–Kier alpha value is -0.680. The maximum Gasteiger partial charge on any atom is 0.222 e. The fraction of sp³-hybridized carbons (Fsp3) is 0.893. The van der Waals surface area contributed by atoms with Gasteiger partial charge in [-0.05, 0) is 98.2 Å². The molecule has 8 atom stereocenters. The van der Waals surface area contributed by atoms with Gasteiger partial charge >= 0.3 is 0 Å². The zero-order valence-electron chi connectivity index (χ0n) is 21.1. The van der Waals surface area contributed by atoms with Crippen LogP contribution in [-0.4, -0.2) is 50.8 Å². The SMILES string of the molecule is C[C@H](CCC(=O)N1CCS(=O)CC1)[C@H]1CC[C@H]2[C@@H]3CC=C4C[C@@H](O)CC[C@]4(C)[C@H]3CC[C@]12C. The Labute approximate surface area is 203 Å². The fourth-order valence-electron chi connectivity index (χ4n) is 9.21. The summed E-state index contributed by atoms with van der Waals surface area (Å²) in [6, 6.07) is 0. The molecule has 0 aromatic rings. The van der Waals surface area contributed by atoms with Gasteiger partial charge < -0.3 is 10.0 Å². The molecule has 4 nitrogen and oxygen atoms in total. The summed E-state index contributed by atoms with van der Waals surface area (Å²) in [5.41, 5.74) is 2.30. The minimum Gasteiger partial charge on any atom is -0.393 e. The first-order chi connectivity index (χ1) is 15.7. The number of nitrogens with zero attached hydrogens (tertiary/aromatic N) is 1. The van der Waals surface area contributed by atoms with Gasteiger partial charge in [0.05, 0.1) is 6.10 Å². The van der Waals surface area contributed by atoms with Crippen LogP contribution in [0.4, 0.5) is 0 Å². The van der Waals surface area contributed by atoms with Gasteiger partial charge in [-0.2, -0.15) is 0 Å². The molecule has 4 aliphatic carbocycles. The van der Waals surface area contributed by atoms with Gasteiger partial charge in [-0.3, -0.25) is 9.00 Å². The van der Waals surface area contributed by atoms with E-state index < -0.39 is 10.8 Å². The topological polar surface area (TPSA) is 57.6 Å². The lowest BCUT2D eigenvalue weighted by atomic mass is 9.47. The molecule has 5 heteroatoms. The van der Waals surface area contributed by atoms with Crippen LogP contribution in [0.25, 0.3) is 0 Å². The van der Waals surface area contributed by atoms with Crippen molar-refractivity contribution < 1.29 is 14.1 Å². The first-order valence-electron chi connectivity index (χ1n) is 13.7. The van der Waals surface area contributed by atoms with Crippen LogP contribution in [0.2, 0.25) is 0 Å². The summed E-state index contributed by atoms with van der Waals surface area (Å²) in [7, 11) is -0.724. The summed E-state index contributed by atoms with van der Waals surface area (Å²) in [6.45, 7) is 8.87. The number of allylic oxidation sites excluding steroid dienone is 1. The highest BCUT2D eigenvalue weighted by Crippen LogP contribution is 2.67. The highest BCUT2D eigenvalue weighted by Gasteiger charge is 2.59. The second kappa shape index (κ2) is 9.08. The van der Waals surface area contributed by atoms with Crippen LogP contribution in [0.3, 0.4) is 0 Å². The van der Waals surface area contributed by atoms with E-state index in [1.165, 1.54) is 32.1 Å². The van der Waals surface area contributed by atoms with E-state index in [-0.39, 0.29) is 12.0 Å². The average molecular weight is 476 g/mol. The Kier molecular flexibility index (Phi) is 6.61. The van der Waals surface area contributed by atoms with Crippen LogP contribution >= 0.6 is 0 Å². The second-order valence-electron chi connectivity index (χ2n) is 12.6. The number of hydrogen-bond acceptors (Lipinski definition) is 3. The fourth-order valence-corrected chi connectivity index (χ4v) is 10.3. The lowest BCUT2D eigenvalue weighted by molar-refractivity contribution is -0.131. The number of carbonyl (C=O) groups excluding carboxylic acids is 1. The first kappa shape index (κ1) is 24.0.